The SMILES string of the molecule is C[C@H]1COCCN1CCCn1nc(-c2ccc(Cl)c(C#Cc3ccc(CNCc4ccc(Cl)cc4)cc3)c2)c2c1CCN(S(C)(=O)=O)C2. The lowest BCUT2D eigenvalue weighted by atomic mass is 10.0. The van der Waals surface area contributed by atoms with Crippen LogP contribution in [-0.2, 0) is 47.4 Å². The van der Waals surface area contributed by atoms with Crippen LogP contribution in [0.4, 0.5) is 0 Å². The van der Waals surface area contributed by atoms with Crippen LogP contribution >= 0.6 is 23.2 Å². The van der Waals surface area contributed by atoms with E-state index in [9.17, 15) is 8.42 Å². The standard InChI is InChI=1S/C37H41Cl2N5O3S/c1-27-26-47-21-20-42(27)17-3-18-44-36-16-19-43(48(2,45)46)25-34(36)37(41-44)32-12-15-35(39)31(22-32)11-8-28-4-6-29(7-5-28)23-40-24-30-9-13-33(38)14-10-30/h4-7,9-10,12-15,22,27,40H,3,16-21,23-26H2,1-2H3/t27-/m0/s1. The predicted molar refractivity (Wildman–Crippen MR) is 193 cm³/mol. The van der Waals surface area contributed by atoms with Gasteiger partial charge in [-0.2, -0.15) is 9.40 Å². The Balaban J connectivity index is 1.18. The topological polar surface area (TPSA) is 79.7 Å². The first-order valence-corrected chi connectivity index (χ1v) is 19.0. The third-order valence-corrected chi connectivity index (χ3v) is 10.8. The molecular weight excluding hydrogens is 665 g/mol. The van der Waals surface area contributed by atoms with Gasteiger partial charge in [-0.1, -0.05) is 65.4 Å². The summed E-state index contributed by atoms with van der Waals surface area (Å²) in [4.78, 5) is 2.46. The maximum absolute atomic E-state index is 12.5. The normalized spacial score (nSPS) is 17.1. The third-order valence-electron chi connectivity index (χ3n) is 9.00. The van der Waals surface area contributed by atoms with E-state index in [2.05, 4.69) is 45.8 Å². The molecule has 4 aromatic rings. The van der Waals surface area contributed by atoms with E-state index < -0.39 is 10.0 Å². The Morgan fingerprint density at radius 1 is 0.958 bits per heavy atom. The molecule has 8 nitrogen and oxygen atoms in total. The summed E-state index contributed by atoms with van der Waals surface area (Å²) in [6.07, 6.45) is 2.84. The van der Waals surface area contributed by atoms with Crippen LogP contribution in [-0.4, -0.2) is 72.5 Å². The van der Waals surface area contributed by atoms with Crippen molar-refractivity contribution in [3.63, 3.8) is 0 Å². The predicted octanol–water partition coefficient (Wildman–Crippen LogP) is 5.98. The van der Waals surface area contributed by atoms with Crippen LogP contribution in [0.2, 0.25) is 10.0 Å². The Bertz CT molecular complexity index is 1900. The fraction of sp³-hybridized carbons (Fsp3) is 0.378. The lowest BCUT2D eigenvalue weighted by Crippen LogP contribution is -2.44. The molecule has 252 valence electrons. The van der Waals surface area contributed by atoms with Gasteiger partial charge in [0.05, 0.1) is 30.2 Å². The molecule has 6 rings (SSSR count). The number of aromatic nitrogens is 2. The first-order chi connectivity index (χ1) is 23.1. The molecule has 1 saturated heterocycles. The van der Waals surface area contributed by atoms with E-state index in [0.29, 0.717) is 36.1 Å². The molecule has 1 fully saturated rings. The lowest BCUT2D eigenvalue weighted by Gasteiger charge is -2.33. The quantitative estimate of drug-likeness (QED) is 0.205. The highest BCUT2D eigenvalue weighted by molar-refractivity contribution is 7.88. The summed E-state index contributed by atoms with van der Waals surface area (Å²) in [6.45, 7) is 8.64. The van der Waals surface area contributed by atoms with E-state index in [4.69, 9.17) is 33.0 Å². The zero-order valence-corrected chi connectivity index (χ0v) is 29.7. The Morgan fingerprint density at radius 2 is 1.69 bits per heavy atom. The summed E-state index contributed by atoms with van der Waals surface area (Å²) in [5, 5.41) is 9.83. The van der Waals surface area contributed by atoms with Crippen molar-refractivity contribution >= 4 is 33.2 Å². The van der Waals surface area contributed by atoms with E-state index in [-0.39, 0.29) is 0 Å². The van der Waals surface area contributed by atoms with Gasteiger partial charge in [0.15, 0.2) is 0 Å². The van der Waals surface area contributed by atoms with Crippen molar-refractivity contribution in [3.8, 4) is 23.1 Å². The van der Waals surface area contributed by atoms with Gasteiger partial charge in [0.25, 0.3) is 0 Å². The average molecular weight is 707 g/mol. The molecule has 1 N–H and O–H groups in total. The molecule has 0 saturated carbocycles. The zero-order chi connectivity index (χ0) is 33.7. The number of morpholine rings is 1. The van der Waals surface area contributed by atoms with Crippen molar-refractivity contribution in [3.05, 3.63) is 110 Å². The summed E-state index contributed by atoms with van der Waals surface area (Å²) in [7, 11) is -3.35. The fourth-order valence-electron chi connectivity index (χ4n) is 6.25. The highest BCUT2D eigenvalue weighted by Gasteiger charge is 2.30. The fourth-order valence-corrected chi connectivity index (χ4v) is 7.33. The third kappa shape index (κ3) is 8.68. The summed E-state index contributed by atoms with van der Waals surface area (Å²) < 4.78 is 34.3. The molecule has 0 radical (unpaired) electrons. The number of halogens is 2. The first kappa shape index (κ1) is 34.7. The zero-order valence-electron chi connectivity index (χ0n) is 27.4. The van der Waals surface area contributed by atoms with Crippen LogP contribution in [0.15, 0.2) is 66.7 Å². The van der Waals surface area contributed by atoms with E-state index >= 15 is 0 Å². The molecule has 11 heteroatoms. The van der Waals surface area contributed by atoms with Gasteiger partial charge in [-0.25, -0.2) is 8.42 Å². The van der Waals surface area contributed by atoms with Crippen LogP contribution in [0.1, 0.15) is 46.9 Å². The second-order valence-electron chi connectivity index (χ2n) is 12.5. The maximum atomic E-state index is 12.5. The molecule has 0 unspecified atom stereocenters. The Hall–Kier alpha value is -3.20. The number of sulfonamides is 1. The number of rotatable bonds is 10. The molecule has 1 aromatic heterocycles. The van der Waals surface area contributed by atoms with Gasteiger partial charge >= 0.3 is 0 Å². The largest absolute Gasteiger partial charge is 0.379 e. The van der Waals surface area contributed by atoms with Crippen molar-refractivity contribution in [2.24, 2.45) is 0 Å². The van der Waals surface area contributed by atoms with Crippen LogP contribution in [0.5, 0.6) is 0 Å². The number of benzene rings is 3. The van der Waals surface area contributed by atoms with Gasteiger partial charge in [-0.3, -0.25) is 9.58 Å². The van der Waals surface area contributed by atoms with Gasteiger partial charge < -0.3 is 10.1 Å². The van der Waals surface area contributed by atoms with Gasteiger partial charge in [0.1, 0.15) is 0 Å². The van der Waals surface area contributed by atoms with Crippen molar-refractivity contribution in [2.75, 3.05) is 39.1 Å². The molecule has 3 heterocycles. The molecular formula is C37H41Cl2N5O3S. The number of hydrogen-bond donors (Lipinski definition) is 1. The molecule has 48 heavy (non-hydrogen) atoms. The molecule has 2 aliphatic rings. The Kier molecular flexibility index (Phi) is 11.2. The van der Waals surface area contributed by atoms with Crippen LogP contribution < -0.4 is 5.32 Å². The summed E-state index contributed by atoms with van der Waals surface area (Å²) in [5.41, 5.74) is 7.64. The van der Waals surface area contributed by atoms with Crippen molar-refractivity contribution < 1.29 is 13.2 Å². The van der Waals surface area contributed by atoms with E-state index in [0.717, 1.165) is 91.0 Å². The van der Waals surface area contributed by atoms with E-state index in [1.807, 2.05) is 54.6 Å². The Morgan fingerprint density at radius 3 is 2.40 bits per heavy atom. The van der Waals surface area contributed by atoms with Crippen molar-refractivity contribution in [1.29, 1.82) is 0 Å². The molecule has 1 atom stereocenters. The second kappa shape index (κ2) is 15.6. The summed E-state index contributed by atoms with van der Waals surface area (Å²) in [5.74, 6) is 6.52. The monoisotopic (exact) mass is 705 g/mol. The number of aryl methyl sites for hydroxylation is 1. The minimum absolute atomic E-state index is 0.300. The minimum atomic E-state index is -3.35. The molecule has 3 aromatic carbocycles. The van der Waals surface area contributed by atoms with Crippen molar-refractivity contribution in [2.45, 2.75) is 52.0 Å². The first-order valence-electron chi connectivity index (χ1n) is 16.4. The number of fused-ring (bicyclic) bond motifs is 1. The van der Waals surface area contributed by atoms with E-state index in [1.165, 1.54) is 16.1 Å². The minimum Gasteiger partial charge on any atom is -0.379 e. The number of hydrogen-bond acceptors (Lipinski definition) is 6. The maximum Gasteiger partial charge on any atom is 0.211 e. The smallest absolute Gasteiger partial charge is 0.211 e. The molecule has 0 amide bonds. The molecule has 0 bridgehead atoms. The van der Waals surface area contributed by atoms with Gasteiger partial charge in [-0.15, -0.1) is 0 Å². The van der Waals surface area contributed by atoms with E-state index in [1.54, 1.807) is 0 Å². The highest BCUT2D eigenvalue weighted by Crippen LogP contribution is 2.33. The molecule has 0 spiro atoms. The number of nitrogens with zero attached hydrogens (tertiary/aromatic N) is 4. The lowest BCUT2D eigenvalue weighted by molar-refractivity contribution is -0.00122. The Labute approximate surface area is 294 Å². The summed E-state index contributed by atoms with van der Waals surface area (Å²) in [6, 6.07) is 22.2. The highest BCUT2D eigenvalue weighted by atomic mass is 35.5. The number of ether oxygens (including phenoxy) is 1. The average Bonchev–Trinajstić information content (AvgIpc) is 3.44. The van der Waals surface area contributed by atoms with Gasteiger partial charge in [0, 0.05) is 91.2 Å². The molecule has 0 aliphatic carbocycles. The molecule has 2 aliphatic heterocycles. The van der Waals surface area contributed by atoms with Crippen molar-refractivity contribution in [1.82, 2.24) is 24.3 Å². The second-order valence-corrected chi connectivity index (χ2v) is 15.4. The van der Waals surface area contributed by atoms with Crippen LogP contribution in [0.25, 0.3) is 11.3 Å². The van der Waals surface area contributed by atoms with Gasteiger partial charge in [0.2, 0.25) is 10.0 Å². The number of nitrogens with one attached hydrogen (secondary N) is 1. The van der Waals surface area contributed by atoms with Gasteiger partial charge in [-0.05, 0) is 60.9 Å². The van der Waals surface area contributed by atoms with Crippen LogP contribution in [0, 0.1) is 11.8 Å². The van der Waals surface area contributed by atoms with Crippen LogP contribution in [0.3, 0.4) is 0 Å². The summed E-state index contributed by atoms with van der Waals surface area (Å²) >= 11 is 12.6.